The highest BCUT2D eigenvalue weighted by Crippen LogP contribution is 2.23. The first-order valence-electron chi connectivity index (χ1n) is 10.9. The van der Waals surface area contributed by atoms with Crippen LogP contribution < -0.4 is 14.4 Å². The number of ether oxygens (including phenoxy) is 1. The highest BCUT2D eigenvalue weighted by Gasteiger charge is 2.22. The van der Waals surface area contributed by atoms with E-state index in [1.165, 1.54) is 0 Å². The Hall–Kier alpha value is -3.32. The van der Waals surface area contributed by atoms with Gasteiger partial charge in [-0.05, 0) is 48.7 Å². The molecule has 1 amide bonds. The van der Waals surface area contributed by atoms with Crippen molar-refractivity contribution in [3.63, 3.8) is 0 Å². The molecule has 0 radical (unpaired) electrons. The summed E-state index contributed by atoms with van der Waals surface area (Å²) >= 11 is 0. The summed E-state index contributed by atoms with van der Waals surface area (Å²) in [4.78, 5) is 12.8. The third-order valence-corrected chi connectivity index (χ3v) is 6.42. The van der Waals surface area contributed by atoms with Crippen LogP contribution in [0.3, 0.4) is 0 Å². The number of carbonyl (C=O) groups excluding carboxylic acids is 1. The SMILES string of the molecule is CC[C@H](NC(=O)CN(c1ccc(OCc2ccccc2)cc1)S(C)(=O)=O)c1ccc(C)cc1. The monoisotopic (exact) mass is 466 g/mol. The molecule has 1 atom stereocenters. The number of anilines is 1. The molecule has 6 nitrogen and oxygen atoms in total. The number of benzene rings is 3. The number of nitrogens with one attached hydrogen (secondary N) is 1. The van der Waals surface area contributed by atoms with Gasteiger partial charge in [-0.3, -0.25) is 9.10 Å². The average Bonchev–Trinajstić information content (AvgIpc) is 2.81. The van der Waals surface area contributed by atoms with Gasteiger partial charge in [0.05, 0.1) is 18.0 Å². The van der Waals surface area contributed by atoms with Gasteiger partial charge in [0.15, 0.2) is 0 Å². The molecular weight excluding hydrogens is 436 g/mol. The van der Waals surface area contributed by atoms with Crippen LogP contribution in [0.15, 0.2) is 78.9 Å². The molecule has 0 unspecified atom stereocenters. The molecule has 0 fully saturated rings. The summed E-state index contributed by atoms with van der Waals surface area (Å²) in [5.41, 5.74) is 3.57. The second kappa shape index (κ2) is 11.0. The van der Waals surface area contributed by atoms with E-state index in [1.54, 1.807) is 24.3 Å². The van der Waals surface area contributed by atoms with Gasteiger partial charge in [-0.15, -0.1) is 0 Å². The minimum Gasteiger partial charge on any atom is -0.489 e. The van der Waals surface area contributed by atoms with E-state index in [4.69, 9.17) is 4.74 Å². The van der Waals surface area contributed by atoms with E-state index in [-0.39, 0.29) is 18.5 Å². The van der Waals surface area contributed by atoms with Gasteiger partial charge in [-0.25, -0.2) is 8.42 Å². The van der Waals surface area contributed by atoms with Gasteiger partial charge < -0.3 is 10.1 Å². The largest absolute Gasteiger partial charge is 0.489 e. The van der Waals surface area contributed by atoms with E-state index < -0.39 is 10.0 Å². The molecule has 0 saturated carbocycles. The van der Waals surface area contributed by atoms with E-state index in [0.29, 0.717) is 24.5 Å². The molecule has 7 heteroatoms. The Bertz CT molecular complexity index is 1150. The molecule has 0 aromatic heterocycles. The number of aryl methyl sites for hydroxylation is 1. The Morgan fingerprint density at radius 2 is 1.61 bits per heavy atom. The van der Waals surface area contributed by atoms with Crippen LogP contribution in [0.1, 0.15) is 36.1 Å². The Morgan fingerprint density at radius 3 is 2.18 bits per heavy atom. The molecular formula is C26H30N2O4S. The Kier molecular flexibility index (Phi) is 8.11. The molecule has 174 valence electrons. The third kappa shape index (κ3) is 7.08. The molecule has 3 aromatic carbocycles. The molecule has 0 bridgehead atoms. The van der Waals surface area contributed by atoms with Crippen LogP contribution in [-0.4, -0.2) is 27.1 Å². The zero-order chi connectivity index (χ0) is 23.8. The Labute approximate surface area is 196 Å². The van der Waals surface area contributed by atoms with Crippen LogP contribution in [-0.2, 0) is 21.4 Å². The number of hydrogen-bond donors (Lipinski definition) is 1. The standard InChI is InChI=1S/C26H30N2O4S/c1-4-25(22-12-10-20(2)11-13-22)27-26(29)18-28(33(3,30)31)23-14-16-24(17-15-23)32-19-21-8-6-5-7-9-21/h5-17,25H,4,18-19H2,1-3H3,(H,27,29)/t25-/m0/s1. The van der Waals surface area contributed by atoms with Gasteiger partial charge >= 0.3 is 0 Å². The second-order valence-electron chi connectivity index (χ2n) is 7.98. The summed E-state index contributed by atoms with van der Waals surface area (Å²) < 4.78 is 31.8. The molecule has 0 aliphatic carbocycles. The van der Waals surface area contributed by atoms with Crippen LogP contribution in [0, 0.1) is 6.92 Å². The summed E-state index contributed by atoms with van der Waals surface area (Å²) in [6, 6.07) is 24.2. The lowest BCUT2D eigenvalue weighted by molar-refractivity contribution is -0.120. The van der Waals surface area contributed by atoms with E-state index in [9.17, 15) is 13.2 Å². The summed E-state index contributed by atoms with van der Waals surface area (Å²) in [6.07, 6.45) is 1.79. The van der Waals surface area contributed by atoms with Crippen LogP contribution >= 0.6 is 0 Å². The number of sulfonamides is 1. The fourth-order valence-corrected chi connectivity index (χ4v) is 4.30. The first-order chi connectivity index (χ1) is 15.8. The van der Waals surface area contributed by atoms with Crippen molar-refractivity contribution in [3.8, 4) is 5.75 Å². The number of carbonyl (C=O) groups is 1. The van der Waals surface area contributed by atoms with Crippen molar-refractivity contribution in [2.75, 3.05) is 17.1 Å². The van der Waals surface area contributed by atoms with Crippen molar-refractivity contribution in [1.29, 1.82) is 0 Å². The van der Waals surface area contributed by atoms with E-state index >= 15 is 0 Å². The maximum Gasteiger partial charge on any atom is 0.241 e. The van der Waals surface area contributed by atoms with Gasteiger partial charge in [0.25, 0.3) is 0 Å². The Balaban J connectivity index is 1.67. The number of nitrogens with zero attached hydrogens (tertiary/aromatic N) is 1. The van der Waals surface area contributed by atoms with Gasteiger partial charge in [-0.2, -0.15) is 0 Å². The Morgan fingerprint density at radius 1 is 0.970 bits per heavy atom. The van der Waals surface area contributed by atoms with Crippen molar-refractivity contribution < 1.29 is 17.9 Å². The quantitative estimate of drug-likeness (QED) is 0.474. The van der Waals surface area contributed by atoms with Crippen molar-refractivity contribution in [2.24, 2.45) is 0 Å². The van der Waals surface area contributed by atoms with Crippen LogP contribution in [0.4, 0.5) is 5.69 Å². The van der Waals surface area contributed by atoms with Crippen molar-refractivity contribution in [3.05, 3.63) is 95.6 Å². The fourth-order valence-electron chi connectivity index (χ4n) is 3.44. The lowest BCUT2D eigenvalue weighted by atomic mass is 10.0. The predicted molar refractivity (Wildman–Crippen MR) is 132 cm³/mol. The fraction of sp³-hybridized carbons (Fsp3) is 0.269. The first-order valence-corrected chi connectivity index (χ1v) is 12.7. The summed E-state index contributed by atoms with van der Waals surface area (Å²) in [7, 11) is -3.66. The van der Waals surface area contributed by atoms with Gasteiger partial charge in [0.2, 0.25) is 15.9 Å². The van der Waals surface area contributed by atoms with Crippen LogP contribution in [0.5, 0.6) is 5.75 Å². The molecule has 3 rings (SSSR count). The van der Waals surface area contributed by atoms with Crippen LogP contribution in [0.2, 0.25) is 0 Å². The van der Waals surface area contributed by atoms with E-state index in [2.05, 4.69) is 5.32 Å². The van der Waals surface area contributed by atoms with Gasteiger partial charge in [0, 0.05) is 0 Å². The minimum atomic E-state index is -3.66. The summed E-state index contributed by atoms with van der Waals surface area (Å²) in [6.45, 7) is 4.10. The average molecular weight is 467 g/mol. The van der Waals surface area contributed by atoms with Gasteiger partial charge in [0.1, 0.15) is 18.9 Å². The first kappa shape index (κ1) is 24.3. The molecule has 1 N–H and O–H groups in total. The van der Waals surface area contributed by atoms with Crippen molar-refractivity contribution in [2.45, 2.75) is 32.9 Å². The summed E-state index contributed by atoms with van der Waals surface area (Å²) in [5.74, 6) is 0.253. The zero-order valence-corrected chi connectivity index (χ0v) is 20.0. The van der Waals surface area contributed by atoms with Crippen LogP contribution in [0.25, 0.3) is 0 Å². The highest BCUT2D eigenvalue weighted by atomic mass is 32.2. The predicted octanol–water partition coefficient (Wildman–Crippen LogP) is 4.61. The highest BCUT2D eigenvalue weighted by molar-refractivity contribution is 7.92. The third-order valence-electron chi connectivity index (χ3n) is 5.28. The topological polar surface area (TPSA) is 75.7 Å². The normalized spacial score (nSPS) is 12.1. The lowest BCUT2D eigenvalue weighted by Gasteiger charge is -2.24. The van der Waals surface area contributed by atoms with Crippen molar-refractivity contribution in [1.82, 2.24) is 5.32 Å². The number of hydrogen-bond acceptors (Lipinski definition) is 4. The zero-order valence-electron chi connectivity index (χ0n) is 19.2. The maximum atomic E-state index is 12.8. The molecule has 0 aliphatic rings. The molecule has 0 heterocycles. The molecule has 33 heavy (non-hydrogen) atoms. The van der Waals surface area contributed by atoms with Gasteiger partial charge in [-0.1, -0.05) is 67.1 Å². The maximum absolute atomic E-state index is 12.8. The molecule has 0 saturated heterocycles. The number of rotatable bonds is 10. The second-order valence-corrected chi connectivity index (χ2v) is 9.88. The molecule has 0 spiro atoms. The summed E-state index contributed by atoms with van der Waals surface area (Å²) in [5, 5.41) is 2.95. The van der Waals surface area contributed by atoms with E-state index in [0.717, 1.165) is 27.3 Å². The minimum absolute atomic E-state index is 0.187. The molecule has 0 aliphatic heterocycles. The number of amides is 1. The lowest BCUT2D eigenvalue weighted by Crippen LogP contribution is -2.41. The smallest absolute Gasteiger partial charge is 0.241 e. The molecule has 3 aromatic rings. The van der Waals surface area contributed by atoms with Crippen molar-refractivity contribution >= 4 is 21.6 Å². The van der Waals surface area contributed by atoms with E-state index in [1.807, 2.05) is 68.4 Å².